The summed E-state index contributed by atoms with van der Waals surface area (Å²) in [7, 11) is -3.85. The topological polar surface area (TPSA) is 115 Å². The van der Waals surface area contributed by atoms with Crippen molar-refractivity contribution in [2.75, 3.05) is 19.8 Å². The maximum absolute atomic E-state index is 12.2. The molecule has 8 nitrogen and oxygen atoms in total. The standard InChI is InChI=1S/C13H18N2O6S/c1-9(7-21-11-2-3-20-8-11)15-22(18,19)12-4-10(13(16)17)5-14-6-12/h4-6,9,11,15H,2-3,7-8H2,1H3,(H,16,17). The van der Waals surface area contributed by atoms with E-state index in [1.807, 2.05) is 0 Å². The number of sulfonamides is 1. The summed E-state index contributed by atoms with van der Waals surface area (Å²) in [6, 6.07) is 0.606. The zero-order valence-corrected chi connectivity index (χ0v) is 12.9. The molecule has 0 saturated carbocycles. The lowest BCUT2D eigenvalue weighted by Crippen LogP contribution is -2.37. The fraction of sp³-hybridized carbons (Fsp3) is 0.538. The van der Waals surface area contributed by atoms with Crippen molar-refractivity contribution in [1.29, 1.82) is 0 Å². The molecule has 9 heteroatoms. The van der Waals surface area contributed by atoms with Crippen molar-refractivity contribution in [2.24, 2.45) is 0 Å². The summed E-state index contributed by atoms with van der Waals surface area (Å²) >= 11 is 0. The molecule has 1 aliphatic rings. The number of aromatic carboxylic acids is 1. The fourth-order valence-corrected chi connectivity index (χ4v) is 3.19. The molecule has 2 atom stereocenters. The zero-order chi connectivity index (χ0) is 16.2. The predicted octanol–water partition coefficient (Wildman–Crippen LogP) is 0.252. The van der Waals surface area contributed by atoms with Gasteiger partial charge in [-0.05, 0) is 19.4 Å². The van der Waals surface area contributed by atoms with Crippen molar-refractivity contribution in [2.45, 2.75) is 30.4 Å². The molecule has 1 aliphatic heterocycles. The van der Waals surface area contributed by atoms with Crippen LogP contribution in [0.4, 0.5) is 0 Å². The van der Waals surface area contributed by atoms with Crippen LogP contribution in [0.5, 0.6) is 0 Å². The number of hydrogen-bond donors (Lipinski definition) is 2. The largest absolute Gasteiger partial charge is 0.478 e. The minimum Gasteiger partial charge on any atom is -0.478 e. The van der Waals surface area contributed by atoms with Crippen LogP contribution in [0.15, 0.2) is 23.4 Å². The van der Waals surface area contributed by atoms with Gasteiger partial charge in [-0.15, -0.1) is 0 Å². The number of carboxylic acid groups (broad SMARTS) is 1. The summed E-state index contributed by atoms with van der Waals surface area (Å²) < 4.78 is 37.5. The summed E-state index contributed by atoms with van der Waals surface area (Å²) in [5.41, 5.74) is -0.185. The Balaban J connectivity index is 1.97. The highest BCUT2D eigenvalue weighted by atomic mass is 32.2. The highest BCUT2D eigenvalue weighted by Gasteiger charge is 2.21. The Kier molecular flexibility index (Phi) is 5.46. The minimum atomic E-state index is -3.85. The average molecular weight is 330 g/mol. The maximum atomic E-state index is 12.2. The van der Waals surface area contributed by atoms with E-state index in [1.54, 1.807) is 6.92 Å². The average Bonchev–Trinajstić information content (AvgIpc) is 2.98. The Morgan fingerprint density at radius 1 is 1.59 bits per heavy atom. The molecule has 22 heavy (non-hydrogen) atoms. The molecule has 122 valence electrons. The summed E-state index contributed by atoms with van der Waals surface area (Å²) in [5.74, 6) is -1.23. The molecule has 0 spiro atoms. The highest BCUT2D eigenvalue weighted by molar-refractivity contribution is 7.89. The Hall–Kier alpha value is -1.55. The lowest BCUT2D eigenvalue weighted by atomic mass is 10.3. The number of carboxylic acids is 1. The quantitative estimate of drug-likeness (QED) is 0.736. The number of nitrogens with zero attached hydrogens (tertiary/aromatic N) is 1. The van der Waals surface area contributed by atoms with E-state index in [9.17, 15) is 13.2 Å². The second kappa shape index (κ2) is 7.14. The molecule has 0 radical (unpaired) electrons. The van der Waals surface area contributed by atoms with Crippen molar-refractivity contribution < 1.29 is 27.8 Å². The molecule has 2 unspecified atom stereocenters. The van der Waals surface area contributed by atoms with E-state index >= 15 is 0 Å². The van der Waals surface area contributed by atoms with Gasteiger partial charge in [0.05, 0.1) is 24.9 Å². The van der Waals surface area contributed by atoms with Crippen LogP contribution in [0.2, 0.25) is 0 Å². The Morgan fingerprint density at radius 3 is 3.00 bits per heavy atom. The second-order valence-electron chi connectivity index (χ2n) is 5.06. The van der Waals surface area contributed by atoms with Crippen molar-refractivity contribution in [3.63, 3.8) is 0 Å². The zero-order valence-electron chi connectivity index (χ0n) is 12.1. The number of ether oxygens (including phenoxy) is 2. The Labute approximate surface area is 128 Å². The van der Waals surface area contributed by atoms with Crippen molar-refractivity contribution in [3.8, 4) is 0 Å². The number of hydrogen-bond acceptors (Lipinski definition) is 6. The molecule has 2 heterocycles. The van der Waals surface area contributed by atoms with E-state index in [0.29, 0.717) is 13.2 Å². The third-order valence-corrected chi connectivity index (χ3v) is 4.65. The molecule has 1 aromatic rings. The SMILES string of the molecule is CC(COC1CCOC1)NS(=O)(=O)c1cncc(C(=O)O)c1. The van der Waals surface area contributed by atoms with Crippen LogP contribution in [0.1, 0.15) is 23.7 Å². The van der Waals surface area contributed by atoms with Crippen LogP contribution >= 0.6 is 0 Å². The van der Waals surface area contributed by atoms with Crippen molar-refractivity contribution >= 4 is 16.0 Å². The van der Waals surface area contributed by atoms with Gasteiger partial charge in [-0.2, -0.15) is 0 Å². The second-order valence-corrected chi connectivity index (χ2v) is 6.77. The van der Waals surface area contributed by atoms with Crippen LogP contribution < -0.4 is 4.72 Å². The van der Waals surface area contributed by atoms with E-state index in [0.717, 1.165) is 24.9 Å². The predicted molar refractivity (Wildman–Crippen MR) is 76.2 cm³/mol. The fourth-order valence-electron chi connectivity index (χ4n) is 1.97. The third kappa shape index (κ3) is 4.47. The molecule has 1 aromatic heterocycles. The smallest absolute Gasteiger partial charge is 0.337 e. The van der Waals surface area contributed by atoms with Crippen molar-refractivity contribution in [3.05, 3.63) is 24.0 Å². The highest BCUT2D eigenvalue weighted by Crippen LogP contribution is 2.12. The van der Waals surface area contributed by atoms with Gasteiger partial charge in [0.1, 0.15) is 4.90 Å². The molecular formula is C13H18N2O6S. The maximum Gasteiger partial charge on any atom is 0.337 e. The van der Waals surface area contributed by atoms with Gasteiger partial charge in [-0.1, -0.05) is 0 Å². The summed E-state index contributed by atoms with van der Waals surface area (Å²) in [6.45, 7) is 3.05. The lowest BCUT2D eigenvalue weighted by molar-refractivity contribution is 0.0353. The molecule has 1 fully saturated rings. The number of aromatic nitrogens is 1. The van der Waals surface area contributed by atoms with Gasteiger partial charge in [0.15, 0.2) is 0 Å². The molecule has 1 saturated heterocycles. The first kappa shape index (κ1) is 16.8. The summed E-state index contributed by atoms with van der Waals surface area (Å²) in [6.07, 6.45) is 2.98. The van der Waals surface area contributed by atoms with Gasteiger partial charge >= 0.3 is 5.97 Å². The molecule has 0 aromatic carbocycles. The number of pyridine rings is 1. The van der Waals surface area contributed by atoms with E-state index < -0.39 is 22.0 Å². The van der Waals surface area contributed by atoms with Crippen LogP contribution in [0, 0.1) is 0 Å². The van der Waals surface area contributed by atoms with E-state index in [-0.39, 0.29) is 23.2 Å². The van der Waals surface area contributed by atoms with Gasteiger partial charge in [0.25, 0.3) is 0 Å². The van der Waals surface area contributed by atoms with Crippen LogP contribution in [-0.4, -0.2) is 56.4 Å². The summed E-state index contributed by atoms with van der Waals surface area (Å²) in [5, 5.41) is 8.88. The van der Waals surface area contributed by atoms with Gasteiger partial charge in [-0.3, -0.25) is 4.98 Å². The van der Waals surface area contributed by atoms with Crippen LogP contribution in [-0.2, 0) is 19.5 Å². The Bertz CT molecular complexity index is 627. The lowest BCUT2D eigenvalue weighted by Gasteiger charge is -2.17. The Morgan fingerprint density at radius 2 is 2.36 bits per heavy atom. The van der Waals surface area contributed by atoms with E-state index in [4.69, 9.17) is 14.6 Å². The first-order valence-corrected chi connectivity index (χ1v) is 8.27. The van der Waals surface area contributed by atoms with Crippen LogP contribution in [0.25, 0.3) is 0 Å². The number of rotatable bonds is 7. The normalized spacial score (nSPS) is 20.0. The molecule has 2 rings (SSSR count). The minimum absolute atomic E-state index is 0.0102. The van der Waals surface area contributed by atoms with Crippen LogP contribution in [0.3, 0.4) is 0 Å². The van der Waals surface area contributed by atoms with E-state index in [2.05, 4.69) is 9.71 Å². The molecule has 0 aliphatic carbocycles. The van der Waals surface area contributed by atoms with Crippen molar-refractivity contribution in [1.82, 2.24) is 9.71 Å². The molecule has 0 bridgehead atoms. The van der Waals surface area contributed by atoms with E-state index in [1.165, 1.54) is 0 Å². The first-order valence-electron chi connectivity index (χ1n) is 6.78. The number of carbonyl (C=O) groups is 1. The molecule has 2 N–H and O–H groups in total. The van der Waals surface area contributed by atoms with Gasteiger partial charge in [0, 0.05) is 25.0 Å². The van der Waals surface area contributed by atoms with Gasteiger partial charge in [-0.25, -0.2) is 17.9 Å². The van der Waals surface area contributed by atoms with Gasteiger partial charge < -0.3 is 14.6 Å². The number of nitrogens with one attached hydrogen (secondary N) is 1. The summed E-state index contributed by atoms with van der Waals surface area (Å²) in [4.78, 5) is 14.3. The van der Waals surface area contributed by atoms with Gasteiger partial charge in [0.2, 0.25) is 10.0 Å². The monoisotopic (exact) mass is 330 g/mol. The first-order chi connectivity index (χ1) is 10.4. The molecular weight excluding hydrogens is 312 g/mol. The molecule has 0 amide bonds. The third-order valence-electron chi connectivity index (χ3n) is 3.10.